The van der Waals surface area contributed by atoms with Gasteiger partial charge in [-0.2, -0.15) is 0 Å². The lowest BCUT2D eigenvalue weighted by molar-refractivity contribution is -0.116. The molecule has 2 rings (SSSR count). The molecule has 0 aliphatic carbocycles. The van der Waals surface area contributed by atoms with Crippen molar-refractivity contribution < 1.29 is 9.53 Å². The first-order valence-electron chi connectivity index (χ1n) is 8.43. The zero-order chi connectivity index (χ0) is 15.8. The van der Waals surface area contributed by atoms with Crippen molar-refractivity contribution in [2.24, 2.45) is 0 Å². The van der Waals surface area contributed by atoms with Crippen LogP contribution in [0.4, 0.5) is 5.69 Å². The van der Waals surface area contributed by atoms with Crippen LogP contribution in [0.15, 0.2) is 24.3 Å². The Hall–Kier alpha value is -1.55. The standard InChI is InChI=1S/C18H28N2O2/c1-15(2)22-17-10-6-5-9-16(17)19-18(21)11-14-20-12-7-3-4-8-13-20/h5-6,9-10,15H,3-4,7-8,11-14H2,1-2H3,(H,19,21). The quantitative estimate of drug-likeness (QED) is 0.871. The number of nitrogens with zero attached hydrogens (tertiary/aromatic N) is 1. The first-order chi connectivity index (χ1) is 10.6. The highest BCUT2D eigenvalue weighted by Crippen LogP contribution is 2.25. The van der Waals surface area contributed by atoms with Gasteiger partial charge in [0.05, 0.1) is 11.8 Å². The predicted molar refractivity (Wildman–Crippen MR) is 90.4 cm³/mol. The summed E-state index contributed by atoms with van der Waals surface area (Å²) in [4.78, 5) is 14.6. The average molecular weight is 304 g/mol. The van der Waals surface area contributed by atoms with Crippen LogP contribution >= 0.6 is 0 Å². The fraction of sp³-hybridized carbons (Fsp3) is 0.611. The van der Waals surface area contributed by atoms with Crippen LogP contribution in [0.5, 0.6) is 5.75 Å². The van der Waals surface area contributed by atoms with Crippen molar-refractivity contribution in [2.45, 2.75) is 52.1 Å². The highest BCUT2D eigenvalue weighted by molar-refractivity contribution is 5.92. The van der Waals surface area contributed by atoms with Crippen molar-refractivity contribution in [3.63, 3.8) is 0 Å². The van der Waals surface area contributed by atoms with E-state index in [9.17, 15) is 4.79 Å². The van der Waals surface area contributed by atoms with E-state index in [4.69, 9.17) is 4.74 Å². The Labute approximate surface area is 133 Å². The largest absolute Gasteiger partial charge is 0.489 e. The summed E-state index contributed by atoms with van der Waals surface area (Å²) in [5.74, 6) is 0.796. The molecule has 122 valence electrons. The predicted octanol–water partition coefficient (Wildman–Crippen LogP) is 3.68. The van der Waals surface area contributed by atoms with Crippen molar-refractivity contribution in [2.75, 3.05) is 25.0 Å². The number of hydrogen-bond donors (Lipinski definition) is 1. The number of amides is 1. The number of ether oxygens (including phenoxy) is 1. The van der Waals surface area contributed by atoms with E-state index in [0.29, 0.717) is 6.42 Å². The molecule has 1 N–H and O–H groups in total. The summed E-state index contributed by atoms with van der Waals surface area (Å²) in [6.45, 7) is 7.07. The second kappa shape index (κ2) is 8.79. The number of likely N-dealkylation sites (tertiary alicyclic amines) is 1. The van der Waals surface area contributed by atoms with Crippen molar-refractivity contribution >= 4 is 11.6 Å². The molecule has 1 amide bonds. The Balaban J connectivity index is 1.83. The van der Waals surface area contributed by atoms with E-state index >= 15 is 0 Å². The zero-order valence-electron chi connectivity index (χ0n) is 13.8. The second-order valence-electron chi connectivity index (χ2n) is 6.22. The first kappa shape index (κ1) is 16.8. The molecule has 0 radical (unpaired) electrons. The van der Waals surface area contributed by atoms with Crippen molar-refractivity contribution in [1.82, 2.24) is 4.90 Å². The summed E-state index contributed by atoms with van der Waals surface area (Å²) in [6, 6.07) is 7.62. The minimum Gasteiger partial charge on any atom is -0.489 e. The lowest BCUT2D eigenvalue weighted by Crippen LogP contribution is -2.28. The molecule has 1 aliphatic heterocycles. The number of para-hydroxylation sites is 2. The number of benzene rings is 1. The summed E-state index contributed by atoms with van der Waals surface area (Å²) in [5.41, 5.74) is 0.761. The number of carbonyl (C=O) groups is 1. The van der Waals surface area contributed by atoms with Gasteiger partial charge in [-0.15, -0.1) is 0 Å². The molecule has 4 heteroatoms. The van der Waals surface area contributed by atoms with E-state index in [1.165, 1.54) is 25.7 Å². The third-order valence-electron chi connectivity index (χ3n) is 3.88. The fourth-order valence-corrected chi connectivity index (χ4v) is 2.76. The molecular weight excluding hydrogens is 276 g/mol. The molecule has 0 atom stereocenters. The van der Waals surface area contributed by atoms with E-state index in [2.05, 4.69) is 10.2 Å². The average Bonchev–Trinajstić information content (AvgIpc) is 2.75. The van der Waals surface area contributed by atoms with Crippen molar-refractivity contribution in [1.29, 1.82) is 0 Å². The number of nitrogens with one attached hydrogen (secondary N) is 1. The second-order valence-corrected chi connectivity index (χ2v) is 6.22. The lowest BCUT2D eigenvalue weighted by Gasteiger charge is -2.19. The van der Waals surface area contributed by atoms with Crippen molar-refractivity contribution in [3.05, 3.63) is 24.3 Å². The molecule has 1 aliphatic rings. The van der Waals surface area contributed by atoms with Crippen LogP contribution in [0.2, 0.25) is 0 Å². The molecule has 1 saturated heterocycles. The zero-order valence-corrected chi connectivity index (χ0v) is 13.8. The summed E-state index contributed by atoms with van der Waals surface area (Å²) in [5, 5.41) is 2.98. The van der Waals surface area contributed by atoms with Gasteiger partial charge in [-0.25, -0.2) is 0 Å². The van der Waals surface area contributed by atoms with Gasteiger partial charge < -0.3 is 15.0 Å². The minimum absolute atomic E-state index is 0.0593. The lowest BCUT2D eigenvalue weighted by atomic mass is 10.2. The molecule has 0 bridgehead atoms. The summed E-state index contributed by atoms with van der Waals surface area (Å²) in [6.07, 6.45) is 5.79. The number of anilines is 1. The van der Waals surface area contributed by atoms with Gasteiger partial charge in [0.1, 0.15) is 5.75 Å². The highest BCUT2D eigenvalue weighted by atomic mass is 16.5. The highest BCUT2D eigenvalue weighted by Gasteiger charge is 2.12. The van der Waals surface area contributed by atoms with Crippen LogP contribution in [-0.2, 0) is 4.79 Å². The van der Waals surface area contributed by atoms with Gasteiger partial charge in [-0.05, 0) is 51.9 Å². The topological polar surface area (TPSA) is 41.6 Å². The Bertz CT molecular complexity index is 466. The van der Waals surface area contributed by atoms with Crippen LogP contribution in [0, 0.1) is 0 Å². The molecule has 1 heterocycles. The monoisotopic (exact) mass is 304 g/mol. The third-order valence-corrected chi connectivity index (χ3v) is 3.88. The Morgan fingerprint density at radius 1 is 1.18 bits per heavy atom. The maximum atomic E-state index is 12.2. The van der Waals surface area contributed by atoms with Crippen LogP contribution in [0.3, 0.4) is 0 Å². The molecule has 4 nitrogen and oxygen atoms in total. The maximum absolute atomic E-state index is 12.2. The fourth-order valence-electron chi connectivity index (χ4n) is 2.76. The van der Waals surface area contributed by atoms with E-state index in [-0.39, 0.29) is 12.0 Å². The van der Waals surface area contributed by atoms with Crippen LogP contribution in [-0.4, -0.2) is 36.5 Å². The van der Waals surface area contributed by atoms with E-state index in [1.54, 1.807) is 0 Å². The minimum atomic E-state index is 0.0593. The first-order valence-corrected chi connectivity index (χ1v) is 8.43. The maximum Gasteiger partial charge on any atom is 0.225 e. The molecule has 0 unspecified atom stereocenters. The molecule has 22 heavy (non-hydrogen) atoms. The Morgan fingerprint density at radius 2 is 1.86 bits per heavy atom. The molecule has 1 fully saturated rings. The van der Waals surface area contributed by atoms with Gasteiger partial charge in [-0.1, -0.05) is 25.0 Å². The van der Waals surface area contributed by atoms with E-state index in [0.717, 1.165) is 31.1 Å². The molecule has 0 spiro atoms. The van der Waals surface area contributed by atoms with E-state index < -0.39 is 0 Å². The molecule has 1 aromatic carbocycles. The molecule has 1 aromatic rings. The van der Waals surface area contributed by atoms with Gasteiger partial charge in [0.15, 0.2) is 0 Å². The number of hydrogen-bond acceptors (Lipinski definition) is 3. The van der Waals surface area contributed by atoms with Gasteiger partial charge in [0.2, 0.25) is 5.91 Å². The SMILES string of the molecule is CC(C)Oc1ccccc1NC(=O)CCN1CCCCCC1. The van der Waals surface area contributed by atoms with Crippen LogP contribution in [0.25, 0.3) is 0 Å². The summed E-state index contributed by atoms with van der Waals surface area (Å²) in [7, 11) is 0. The molecule has 0 aromatic heterocycles. The van der Waals surface area contributed by atoms with Crippen LogP contribution in [0.1, 0.15) is 46.0 Å². The molecule has 0 saturated carbocycles. The normalized spacial score (nSPS) is 16.3. The molecular formula is C18H28N2O2. The van der Waals surface area contributed by atoms with Gasteiger partial charge in [0.25, 0.3) is 0 Å². The van der Waals surface area contributed by atoms with Crippen LogP contribution < -0.4 is 10.1 Å². The summed E-state index contributed by atoms with van der Waals surface area (Å²) >= 11 is 0. The summed E-state index contributed by atoms with van der Waals surface area (Å²) < 4.78 is 5.73. The number of rotatable bonds is 6. The Morgan fingerprint density at radius 3 is 2.55 bits per heavy atom. The van der Waals surface area contributed by atoms with Gasteiger partial charge >= 0.3 is 0 Å². The van der Waals surface area contributed by atoms with E-state index in [1.807, 2.05) is 38.1 Å². The smallest absolute Gasteiger partial charge is 0.225 e. The number of carbonyl (C=O) groups excluding carboxylic acids is 1. The van der Waals surface area contributed by atoms with Gasteiger partial charge in [0, 0.05) is 13.0 Å². The van der Waals surface area contributed by atoms with Crippen molar-refractivity contribution in [3.8, 4) is 5.75 Å². The Kier molecular flexibility index (Phi) is 6.72. The van der Waals surface area contributed by atoms with Gasteiger partial charge in [-0.3, -0.25) is 4.79 Å². The third kappa shape index (κ3) is 5.68.